The van der Waals surface area contributed by atoms with E-state index in [1.165, 1.54) is 32.1 Å². The van der Waals surface area contributed by atoms with Crippen LogP contribution in [0.15, 0.2) is 35.4 Å². The van der Waals surface area contributed by atoms with E-state index in [1.54, 1.807) is 0 Å². The number of rotatable bonds is 5. The molecule has 3 rings (SSSR count). The highest BCUT2D eigenvalue weighted by molar-refractivity contribution is 7.92. The van der Waals surface area contributed by atoms with Gasteiger partial charge >= 0.3 is 0 Å². The minimum Gasteiger partial charge on any atom is -0.347 e. The van der Waals surface area contributed by atoms with Gasteiger partial charge in [0.1, 0.15) is 0 Å². The molecule has 22 heavy (non-hydrogen) atoms. The quantitative estimate of drug-likeness (QED) is 0.884. The highest BCUT2D eigenvalue weighted by Crippen LogP contribution is 2.29. The van der Waals surface area contributed by atoms with Crippen LogP contribution in [0.2, 0.25) is 0 Å². The van der Waals surface area contributed by atoms with Crippen LogP contribution in [0, 0.1) is 10.7 Å². The fourth-order valence-electron chi connectivity index (χ4n) is 3.57. The van der Waals surface area contributed by atoms with Crippen molar-refractivity contribution in [1.29, 1.82) is 4.78 Å². The Morgan fingerprint density at radius 2 is 2.00 bits per heavy atom. The van der Waals surface area contributed by atoms with Gasteiger partial charge < -0.3 is 10.3 Å². The molecule has 1 saturated carbocycles. The van der Waals surface area contributed by atoms with E-state index in [1.807, 2.05) is 18.2 Å². The van der Waals surface area contributed by atoms with Gasteiger partial charge in [-0.25, -0.2) is 8.99 Å². The van der Waals surface area contributed by atoms with E-state index in [4.69, 9.17) is 10.5 Å². The van der Waals surface area contributed by atoms with Crippen LogP contribution in [-0.2, 0) is 16.3 Å². The van der Waals surface area contributed by atoms with Crippen molar-refractivity contribution in [2.75, 3.05) is 12.3 Å². The maximum atomic E-state index is 12.6. The standard InChI is InChI=1S/C17H25N3OS/c18-10-12-22(19,21)17-8-4-7-16-15(17)9-11-20(16)13-14-5-2-1-3-6-14/h4,7-9,11,14,19H,1-3,5-6,10,12-13,18H2. The molecule has 1 aliphatic rings. The Morgan fingerprint density at radius 3 is 2.73 bits per heavy atom. The van der Waals surface area contributed by atoms with Gasteiger partial charge in [0.2, 0.25) is 0 Å². The molecule has 0 spiro atoms. The lowest BCUT2D eigenvalue weighted by Crippen LogP contribution is -2.15. The Hall–Kier alpha value is -1.33. The summed E-state index contributed by atoms with van der Waals surface area (Å²) in [5.74, 6) is 0.970. The number of nitrogens with two attached hydrogens (primary N) is 1. The van der Waals surface area contributed by atoms with Crippen LogP contribution in [0.3, 0.4) is 0 Å². The molecule has 1 aliphatic carbocycles. The van der Waals surface area contributed by atoms with Crippen molar-refractivity contribution in [2.45, 2.75) is 43.5 Å². The molecule has 5 heteroatoms. The zero-order valence-corrected chi connectivity index (χ0v) is 13.8. The monoisotopic (exact) mass is 319 g/mol. The van der Waals surface area contributed by atoms with Crippen molar-refractivity contribution >= 4 is 20.6 Å². The SMILES string of the molecule is N=S(=O)(CCN)c1cccc2c1ccn2CC1CCCCC1. The summed E-state index contributed by atoms with van der Waals surface area (Å²) in [6.45, 7) is 1.31. The topological polar surface area (TPSA) is 71.9 Å². The molecule has 0 aliphatic heterocycles. The van der Waals surface area contributed by atoms with Gasteiger partial charge in [0, 0.05) is 35.9 Å². The van der Waals surface area contributed by atoms with Crippen LogP contribution in [0.4, 0.5) is 0 Å². The zero-order valence-electron chi connectivity index (χ0n) is 13.0. The molecule has 0 saturated heterocycles. The predicted molar refractivity (Wildman–Crippen MR) is 91.6 cm³/mol. The summed E-state index contributed by atoms with van der Waals surface area (Å²) in [4.78, 5) is 0.637. The molecule has 0 bridgehead atoms. The molecular weight excluding hydrogens is 294 g/mol. The lowest BCUT2D eigenvalue weighted by Gasteiger charge is -2.22. The number of hydrogen-bond donors (Lipinski definition) is 2. The maximum Gasteiger partial charge on any atom is 0.0745 e. The maximum absolute atomic E-state index is 12.6. The zero-order chi connectivity index (χ0) is 15.6. The van der Waals surface area contributed by atoms with Crippen molar-refractivity contribution in [3.63, 3.8) is 0 Å². The lowest BCUT2D eigenvalue weighted by molar-refractivity contribution is 0.322. The summed E-state index contributed by atoms with van der Waals surface area (Å²) in [5.41, 5.74) is 6.62. The first kappa shape index (κ1) is 15.6. The Morgan fingerprint density at radius 1 is 1.23 bits per heavy atom. The van der Waals surface area contributed by atoms with Crippen LogP contribution < -0.4 is 5.73 Å². The van der Waals surface area contributed by atoms with Crippen LogP contribution >= 0.6 is 0 Å². The van der Waals surface area contributed by atoms with Gasteiger partial charge in [0.25, 0.3) is 0 Å². The second-order valence-corrected chi connectivity index (χ2v) is 8.53. The Balaban J connectivity index is 1.95. The highest BCUT2D eigenvalue weighted by atomic mass is 32.2. The van der Waals surface area contributed by atoms with Gasteiger partial charge in [-0.05, 0) is 37.0 Å². The molecule has 0 radical (unpaired) electrons. The lowest BCUT2D eigenvalue weighted by atomic mass is 9.89. The van der Waals surface area contributed by atoms with Gasteiger partial charge in [-0.3, -0.25) is 0 Å². The average Bonchev–Trinajstić information content (AvgIpc) is 2.91. The van der Waals surface area contributed by atoms with E-state index >= 15 is 0 Å². The number of fused-ring (bicyclic) bond motifs is 1. The van der Waals surface area contributed by atoms with Gasteiger partial charge in [-0.1, -0.05) is 25.3 Å². The number of aromatic nitrogens is 1. The first-order valence-electron chi connectivity index (χ1n) is 8.16. The molecule has 120 valence electrons. The Bertz CT molecular complexity index is 742. The second kappa shape index (κ2) is 6.42. The molecule has 1 aromatic carbocycles. The molecular formula is C17H25N3OS. The van der Waals surface area contributed by atoms with Crippen LogP contribution in [0.1, 0.15) is 32.1 Å². The summed E-state index contributed by atoms with van der Waals surface area (Å²) >= 11 is 0. The fourth-order valence-corrected chi connectivity index (χ4v) is 4.94. The molecule has 1 atom stereocenters. The van der Waals surface area contributed by atoms with Gasteiger partial charge in [-0.2, -0.15) is 0 Å². The van der Waals surface area contributed by atoms with E-state index in [0.29, 0.717) is 4.90 Å². The molecule has 4 nitrogen and oxygen atoms in total. The van der Waals surface area contributed by atoms with E-state index in [9.17, 15) is 4.21 Å². The third-order valence-electron chi connectivity index (χ3n) is 4.71. The van der Waals surface area contributed by atoms with Gasteiger partial charge in [-0.15, -0.1) is 0 Å². The van der Waals surface area contributed by atoms with Crippen LogP contribution in [-0.4, -0.2) is 21.1 Å². The minimum atomic E-state index is -2.80. The number of hydrogen-bond acceptors (Lipinski definition) is 3. The van der Waals surface area contributed by atoms with Crippen LogP contribution in [0.25, 0.3) is 10.9 Å². The predicted octanol–water partition coefficient (Wildman–Crippen LogP) is 3.59. The Labute approximate surface area is 132 Å². The molecule has 2 aromatic rings. The number of nitrogens with zero attached hydrogens (tertiary/aromatic N) is 1. The molecule has 1 fully saturated rings. The number of nitrogens with one attached hydrogen (secondary N) is 1. The van der Waals surface area contributed by atoms with Crippen LogP contribution in [0.5, 0.6) is 0 Å². The minimum absolute atomic E-state index is 0.222. The van der Waals surface area contributed by atoms with E-state index in [2.05, 4.69) is 16.8 Å². The summed E-state index contributed by atoms with van der Waals surface area (Å²) in [6.07, 6.45) is 8.75. The van der Waals surface area contributed by atoms with E-state index < -0.39 is 9.73 Å². The summed E-state index contributed by atoms with van der Waals surface area (Å²) < 4.78 is 23.0. The molecule has 3 N–H and O–H groups in total. The third kappa shape index (κ3) is 3.06. The van der Waals surface area contributed by atoms with E-state index in [-0.39, 0.29) is 12.3 Å². The molecule has 1 unspecified atom stereocenters. The van der Waals surface area contributed by atoms with E-state index in [0.717, 1.165) is 23.4 Å². The summed E-state index contributed by atoms with van der Waals surface area (Å²) in [5, 5.41) is 0.951. The fraction of sp³-hybridized carbons (Fsp3) is 0.529. The van der Waals surface area contributed by atoms with Gasteiger partial charge in [0.05, 0.1) is 14.6 Å². The average molecular weight is 319 g/mol. The number of benzene rings is 1. The van der Waals surface area contributed by atoms with Crippen molar-refractivity contribution in [2.24, 2.45) is 11.7 Å². The highest BCUT2D eigenvalue weighted by Gasteiger charge is 2.17. The van der Waals surface area contributed by atoms with Crippen molar-refractivity contribution < 1.29 is 4.21 Å². The largest absolute Gasteiger partial charge is 0.347 e. The van der Waals surface area contributed by atoms with Crippen molar-refractivity contribution in [3.05, 3.63) is 30.5 Å². The third-order valence-corrected chi connectivity index (χ3v) is 6.59. The molecule has 1 aromatic heterocycles. The first-order chi connectivity index (χ1) is 10.6. The van der Waals surface area contributed by atoms with Crippen molar-refractivity contribution in [3.8, 4) is 0 Å². The molecule has 1 heterocycles. The van der Waals surface area contributed by atoms with Gasteiger partial charge in [0.15, 0.2) is 0 Å². The smallest absolute Gasteiger partial charge is 0.0745 e. The molecule has 0 amide bonds. The van der Waals surface area contributed by atoms with Crippen molar-refractivity contribution in [1.82, 2.24) is 4.57 Å². The second-order valence-electron chi connectivity index (χ2n) is 6.33. The normalized spacial score (nSPS) is 19.3. The first-order valence-corrected chi connectivity index (χ1v) is 9.89. The summed E-state index contributed by atoms with van der Waals surface area (Å²) in [6, 6.07) is 7.82. The Kier molecular flexibility index (Phi) is 4.54. The summed E-state index contributed by atoms with van der Waals surface area (Å²) in [7, 11) is -2.80.